The van der Waals surface area contributed by atoms with Gasteiger partial charge in [-0.05, 0) is 35.9 Å². The highest BCUT2D eigenvalue weighted by molar-refractivity contribution is 8.26. The molecule has 2 aromatic rings. The van der Waals surface area contributed by atoms with E-state index >= 15 is 0 Å². The summed E-state index contributed by atoms with van der Waals surface area (Å²) in [5.41, 5.74) is 0.401. The summed E-state index contributed by atoms with van der Waals surface area (Å²) < 4.78 is 38.3. The number of carbonyl (C=O) groups is 1. The van der Waals surface area contributed by atoms with Gasteiger partial charge < -0.3 is 0 Å². The van der Waals surface area contributed by atoms with Crippen LogP contribution in [0.25, 0.3) is 6.08 Å². The Balaban J connectivity index is 1.85. The van der Waals surface area contributed by atoms with Crippen LogP contribution in [0, 0.1) is 5.82 Å². The van der Waals surface area contributed by atoms with Crippen LogP contribution in [0.3, 0.4) is 0 Å². The van der Waals surface area contributed by atoms with E-state index in [1.807, 2.05) is 0 Å². The van der Waals surface area contributed by atoms with E-state index in [1.165, 1.54) is 36.4 Å². The normalized spacial score (nSPS) is 16.5. The molecule has 5 nitrogen and oxygen atoms in total. The van der Waals surface area contributed by atoms with Crippen LogP contribution in [-0.4, -0.2) is 23.7 Å². The zero-order valence-electron chi connectivity index (χ0n) is 12.8. The number of halogens is 2. The summed E-state index contributed by atoms with van der Waals surface area (Å²) in [6.45, 7) is 0. The fraction of sp³-hybridized carbons (Fsp3) is 0. The van der Waals surface area contributed by atoms with Gasteiger partial charge in [-0.1, -0.05) is 59.8 Å². The van der Waals surface area contributed by atoms with Gasteiger partial charge >= 0.3 is 0 Å². The zero-order chi connectivity index (χ0) is 18.9. The number of benzene rings is 2. The molecule has 2 aromatic carbocycles. The van der Waals surface area contributed by atoms with E-state index in [1.54, 1.807) is 18.2 Å². The molecule has 0 aromatic heterocycles. The van der Waals surface area contributed by atoms with Crippen LogP contribution in [0.4, 0.5) is 4.39 Å². The minimum atomic E-state index is -3.97. The summed E-state index contributed by atoms with van der Waals surface area (Å²) in [5.74, 6) is -1.27. The maximum absolute atomic E-state index is 13.5. The van der Waals surface area contributed by atoms with Gasteiger partial charge in [0.15, 0.2) is 4.32 Å². The summed E-state index contributed by atoms with van der Waals surface area (Å²) in [4.78, 5) is 14.8. The molecule has 0 aliphatic carbocycles. The zero-order valence-corrected chi connectivity index (χ0v) is 16.1. The molecule has 0 spiro atoms. The number of sulfonamides is 1. The quantitative estimate of drug-likeness (QED) is 0.595. The standard InChI is InChI=1S/C16H10ClFN2O3S3/c17-12-7-6-10(8-13(12)18)9-14-15(21)20(16(24)25-14)19-26(22,23)11-4-2-1-3-5-11/h1-9,19H/b14-9+. The lowest BCUT2D eigenvalue weighted by Crippen LogP contribution is -2.44. The van der Waals surface area contributed by atoms with E-state index in [0.717, 1.165) is 16.8 Å². The highest BCUT2D eigenvalue weighted by atomic mass is 35.5. The molecule has 134 valence electrons. The van der Waals surface area contributed by atoms with E-state index in [0.29, 0.717) is 5.56 Å². The molecule has 1 heterocycles. The SMILES string of the molecule is O=C1/C(=C\c2ccc(Cl)c(F)c2)SC(=S)N1NS(=O)(=O)c1ccccc1. The van der Waals surface area contributed by atoms with Crippen molar-refractivity contribution in [3.05, 3.63) is 69.8 Å². The molecule has 1 N–H and O–H groups in total. The number of hydrogen-bond acceptors (Lipinski definition) is 5. The maximum atomic E-state index is 13.5. The van der Waals surface area contributed by atoms with Gasteiger partial charge in [0.25, 0.3) is 15.9 Å². The highest BCUT2D eigenvalue weighted by Crippen LogP contribution is 2.32. The summed E-state index contributed by atoms with van der Waals surface area (Å²) >= 11 is 11.6. The Morgan fingerprint density at radius 3 is 2.54 bits per heavy atom. The lowest BCUT2D eigenvalue weighted by molar-refractivity contribution is -0.123. The molecule has 26 heavy (non-hydrogen) atoms. The number of hydrogen-bond donors (Lipinski definition) is 1. The van der Waals surface area contributed by atoms with Gasteiger partial charge in [-0.3, -0.25) is 4.79 Å². The molecule has 3 rings (SSSR count). The molecule has 0 radical (unpaired) electrons. The summed E-state index contributed by atoms with van der Waals surface area (Å²) in [6, 6.07) is 11.7. The fourth-order valence-corrected chi connectivity index (χ4v) is 4.52. The average molecular weight is 429 g/mol. The number of amides is 1. The fourth-order valence-electron chi connectivity index (χ4n) is 2.07. The third kappa shape index (κ3) is 3.97. The smallest absolute Gasteiger partial charge is 0.267 e. The number of rotatable bonds is 4. The van der Waals surface area contributed by atoms with Gasteiger partial charge in [0.1, 0.15) is 5.82 Å². The van der Waals surface area contributed by atoms with Crippen molar-refractivity contribution in [2.75, 3.05) is 0 Å². The molecule has 0 saturated carbocycles. The summed E-state index contributed by atoms with van der Waals surface area (Å²) in [5, 5.41) is 0.741. The molecule has 0 unspecified atom stereocenters. The van der Waals surface area contributed by atoms with Gasteiger partial charge in [-0.25, -0.2) is 17.8 Å². The Hall–Kier alpha value is -1.78. The van der Waals surface area contributed by atoms with Crippen LogP contribution in [0.15, 0.2) is 58.3 Å². The lowest BCUT2D eigenvalue weighted by Gasteiger charge is -2.15. The molecular formula is C16H10ClFN2O3S3. The van der Waals surface area contributed by atoms with Crippen molar-refractivity contribution in [2.45, 2.75) is 4.90 Å². The van der Waals surface area contributed by atoms with Crippen LogP contribution >= 0.6 is 35.6 Å². The van der Waals surface area contributed by atoms with Crippen molar-refractivity contribution in [2.24, 2.45) is 0 Å². The Bertz CT molecular complexity index is 1030. The van der Waals surface area contributed by atoms with Gasteiger partial charge in [-0.15, -0.1) is 4.83 Å². The summed E-state index contributed by atoms with van der Waals surface area (Å²) in [6.07, 6.45) is 1.41. The topological polar surface area (TPSA) is 66.5 Å². The van der Waals surface area contributed by atoms with E-state index in [9.17, 15) is 17.6 Å². The van der Waals surface area contributed by atoms with Gasteiger partial charge in [0, 0.05) is 0 Å². The molecule has 1 aliphatic heterocycles. The first-order valence-corrected chi connectivity index (χ1v) is 10.2. The Morgan fingerprint density at radius 2 is 1.88 bits per heavy atom. The molecule has 1 amide bonds. The molecular weight excluding hydrogens is 419 g/mol. The molecule has 0 atom stereocenters. The van der Waals surface area contributed by atoms with Crippen LogP contribution < -0.4 is 4.83 Å². The van der Waals surface area contributed by atoms with Gasteiger partial charge in [0.2, 0.25) is 0 Å². The molecule has 10 heteroatoms. The first kappa shape index (κ1) is 19.0. The van der Waals surface area contributed by atoms with Crippen molar-refractivity contribution in [1.29, 1.82) is 0 Å². The number of carbonyl (C=O) groups excluding carboxylic acids is 1. The van der Waals surface area contributed by atoms with E-state index in [2.05, 4.69) is 4.83 Å². The van der Waals surface area contributed by atoms with E-state index < -0.39 is 21.7 Å². The second-order valence-corrected chi connectivity index (χ2v) is 8.84. The highest BCUT2D eigenvalue weighted by Gasteiger charge is 2.35. The van der Waals surface area contributed by atoms with Gasteiger partial charge in [0.05, 0.1) is 14.8 Å². The molecule has 0 bridgehead atoms. The van der Waals surface area contributed by atoms with Crippen LogP contribution in [0.1, 0.15) is 5.56 Å². The number of thiocarbonyl (C=S) groups is 1. The predicted octanol–water partition coefficient (Wildman–Crippen LogP) is 3.57. The lowest BCUT2D eigenvalue weighted by atomic mass is 10.2. The molecule has 1 saturated heterocycles. The van der Waals surface area contributed by atoms with Crippen molar-refractivity contribution in [3.8, 4) is 0 Å². The Morgan fingerprint density at radius 1 is 1.19 bits per heavy atom. The maximum Gasteiger partial charge on any atom is 0.281 e. The molecule has 1 fully saturated rings. The second-order valence-electron chi connectivity index (χ2n) is 5.10. The molecule has 1 aliphatic rings. The first-order valence-electron chi connectivity index (χ1n) is 7.08. The second kappa shape index (κ2) is 7.45. The minimum absolute atomic E-state index is 0.00204. The van der Waals surface area contributed by atoms with E-state index in [4.69, 9.17) is 23.8 Å². The Labute approximate surface area is 163 Å². The first-order chi connectivity index (χ1) is 12.3. The summed E-state index contributed by atoms with van der Waals surface area (Å²) in [7, 11) is -3.97. The van der Waals surface area contributed by atoms with Crippen molar-refractivity contribution >= 4 is 61.9 Å². The van der Waals surface area contributed by atoms with Crippen LogP contribution in [0.2, 0.25) is 5.02 Å². The third-order valence-corrected chi connectivity index (χ3v) is 6.22. The third-order valence-electron chi connectivity index (χ3n) is 3.30. The monoisotopic (exact) mass is 428 g/mol. The minimum Gasteiger partial charge on any atom is -0.267 e. The van der Waals surface area contributed by atoms with Crippen LogP contribution in [-0.2, 0) is 14.8 Å². The number of nitrogens with zero attached hydrogens (tertiary/aromatic N) is 1. The average Bonchev–Trinajstić information content (AvgIpc) is 2.86. The van der Waals surface area contributed by atoms with Crippen molar-refractivity contribution < 1.29 is 17.6 Å². The van der Waals surface area contributed by atoms with Gasteiger partial charge in [-0.2, -0.15) is 0 Å². The van der Waals surface area contributed by atoms with E-state index in [-0.39, 0.29) is 19.1 Å². The van der Waals surface area contributed by atoms with Crippen molar-refractivity contribution in [1.82, 2.24) is 9.84 Å². The Kier molecular flexibility index (Phi) is 5.44. The number of thioether (sulfide) groups is 1. The largest absolute Gasteiger partial charge is 0.281 e. The number of hydrazine groups is 1. The van der Waals surface area contributed by atoms with Crippen LogP contribution in [0.5, 0.6) is 0 Å². The van der Waals surface area contributed by atoms with Crippen molar-refractivity contribution in [3.63, 3.8) is 0 Å². The number of nitrogens with one attached hydrogen (secondary N) is 1. The predicted molar refractivity (Wildman–Crippen MR) is 103 cm³/mol.